The van der Waals surface area contributed by atoms with Crippen molar-refractivity contribution in [1.29, 1.82) is 0 Å². The largest absolute Gasteiger partial charge is 0.344 e. The number of rotatable bonds is 4. The van der Waals surface area contributed by atoms with Crippen LogP contribution in [0.1, 0.15) is 0 Å². The maximum atomic E-state index is 2.47. The fourth-order valence-electron chi connectivity index (χ4n) is 13.3. The van der Waals surface area contributed by atoms with Gasteiger partial charge >= 0.3 is 0 Å². The first-order valence-electron chi connectivity index (χ1n) is 25.8. The highest BCUT2D eigenvalue weighted by atomic mass is 15.1. The Morgan fingerprint density at radius 2 is 0.649 bits per heavy atom. The molecule has 1 aliphatic rings. The molecule has 1 aromatic heterocycles. The first-order chi connectivity index (χ1) is 36.6. The fraction of sp³-hybridized carbons (Fsp3) is 0.0278. The van der Waals surface area contributed by atoms with E-state index in [9.17, 15) is 0 Å². The van der Waals surface area contributed by atoms with Gasteiger partial charge in [-0.15, -0.1) is 0 Å². The molecule has 0 atom stereocenters. The third kappa shape index (κ3) is 5.76. The summed E-state index contributed by atoms with van der Waals surface area (Å²) in [5.74, 6) is 0. The van der Waals surface area contributed by atoms with Gasteiger partial charge in [0.1, 0.15) is 0 Å². The first-order valence-corrected chi connectivity index (χ1v) is 25.8. The lowest BCUT2D eigenvalue weighted by Gasteiger charge is -2.31. The summed E-state index contributed by atoms with van der Waals surface area (Å²) in [6.07, 6.45) is 0. The van der Waals surface area contributed by atoms with E-state index in [1.165, 1.54) is 164 Å². The molecule has 0 bridgehead atoms. The van der Waals surface area contributed by atoms with E-state index in [-0.39, 0.29) is 0 Å². The molecule has 1 aliphatic heterocycles. The number of hydrogen-bond acceptors (Lipinski definition) is 1. The van der Waals surface area contributed by atoms with E-state index >= 15 is 0 Å². The fourth-order valence-corrected chi connectivity index (χ4v) is 13.3. The SMILES string of the molecule is CN1c2cc(-c3c4ccccc4c(-c4ccc5ccccc5c4)c4ccccc34)ccc2-c2cc3c(c4cccc1c24)c1ccc(-c2c4ccccc4c(-c4ccc5ccccc5c4)c4ccccc24)cc1n3C. The van der Waals surface area contributed by atoms with Crippen LogP contribution in [0.15, 0.2) is 243 Å². The highest BCUT2D eigenvalue weighted by molar-refractivity contribution is 6.29. The number of anilines is 2. The van der Waals surface area contributed by atoms with Crippen molar-refractivity contribution < 1.29 is 0 Å². The minimum absolute atomic E-state index is 1.21. The van der Waals surface area contributed by atoms with Gasteiger partial charge in [-0.3, -0.25) is 0 Å². The van der Waals surface area contributed by atoms with Crippen LogP contribution in [-0.2, 0) is 7.05 Å². The second-order valence-electron chi connectivity index (χ2n) is 20.4. The van der Waals surface area contributed by atoms with Gasteiger partial charge in [-0.05, 0) is 156 Å². The molecule has 0 radical (unpaired) electrons. The molecule has 0 aliphatic carbocycles. The third-order valence-corrected chi connectivity index (χ3v) is 16.6. The van der Waals surface area contributed by atoms with Crippen LogP contribution < -0.4 is 4.90 Å². The molecule has 0 unspecified atom stereocenters. The van der Waals surface area contributed by atoms with Crippen molar-refractivity contribution in [2.24, 2.45) is 7.05 Å². The lowest BCUT2D eigenvalue weighted by molar-refractivity contribution is 1.01. The molecule has 0 saturated heterocycles. The van der Waals surface area contributed by atoms with Crippen molar-refractivity contribution in [3.63, 3.8) is 0 Å². The highest BCUT2D eigenvalue weighted by Crippen LogP contribution is 2.53. The molecule has 15 aromatic rings. The molecule has 2 heterocycles. The van der Waals surface area contributed by atoms with Crippen molar-refractivity contribution in [2.45, 2.75) is 0 Å². The smallest absolute Gasteiger partial charge is 0.0501 e. The first kappa shape index (κ1) is 41.2. The zero-order valence-corrected chi connectivity index (χ0v) is 41.0. The van der Waals surface area contributed by atoms with Crippen LogP contribution in [0.4, 0.5) is 11.4 Å². The van der Waals surface area contributed by atoms with Crippen LogP contribution in [0.5, 0.6) is 0 Å². The van der Waals surface area contributed by atoms with Gasteiger partial charge in [-0.1, -0.05) is 206 Å². The Labute approximate surface area is 428 Å². The maximum absolute atomic E-state index is 2.47. The van der Waals surface area contributed by atoms with E-state index in [2.05, 4.69) is 266 Å². The molecule has 0 amide bonds. The summed E-state index contributed by atoms with van der Waals surface area (Å²) >= 11 is 0. The number of fused-ring (bicyclic) bond motifs is 12. The molecule has 0 fully saturated rings. The maximum Gasteiger partial charge on any atom is 0.0501 e. The van der Waals surface area contributed by atoms with Gasteiger partial charge in [-0.25, -0.2) is 0 Å². The summed E-state index contributed by atoms with van der Waals surface area (Å²) < 4.78 is 2.44. The van der Waals surface area contributed by atoms with E-state index in [1.807, 2.05) is 0 Å². The van der Waals surface area contributed by atoms with E-state index in [0.29, 0.717) is 0 Å². The van der Waals surface area contributed by atoms with E-state index in [0.717, 1.165) is 0 Å². The van der Waals surface area contributed by atoms with E-state index in [1.54, 1.807) is 0 Å². The Hall–Kier alpha value is -9.50. The molecule has 0 N–H and O–H groups in total. The Bertz CT molecular complexity index is 4820. The summed E-state index contributed by atoms with van der Waals surface area (Å²) in [7, 11) is 4.51. The number of aryl methyl sites for hydroxylation is 1. The van der Waals surface area contributed by atoms with Crippen molar-refractivity contribution in [1.82, 2.24) is 4.57 Å². The van der Waals surface area contributed by atoms with Crippen LogP contribution in [0.2, 0.25) is 0 Å². The summed E-state index contributed by atoms with van der Waals surface area (Å²) in [5, 5.41) is 20.3. The minimum Gasteiger partial charge on any atom is -0.344 e. The van der Waals surface area contributed by atoms with Crippen molar-refractivity contribution in [3.05, 3.63) is 243 Å². The molecular weight excluding hydrogens is 893 g/mol. The van der Waals surface area contributed by atoms with Crippen LogP contribution in [0.25, 0.3) is 153 Å². The van der Waals surface area contributed by atoms with Gasteiger partial charge < -0.3 is 9.47 Å². The summed E-state index contributed by atoms with van der Waals surface area (Å²) in [6.45, 7) is 0. The van der Waals surface area contributed by atoms with Crippen LogP contribution in [0.3, 0.4) is 0 Å². The van der Waals surface area contributed by atoms with Gasteiger partial charge in [0.05, 0.1) is 5.52 Å². The zero-order chi connectivity index (χ0) is 48.8. The molecule has 0 spiro atoms. The molecule has 74 heavy (non-hydrogen) atoms. The van der Waals surface area contributed by atoms with Crippen molar-refractivity contribution in [2.75, 3.05) is 11.9 Å². The predicted octanol–water partition coefficient (Wildman–Crippen LogP) is 19.8. The molecule has 344 valence electrons. The van der Waals surface area contributed by atoms with E-state index < -0.39 is 0 Å². The Morgan fingerprint density at radius 3 is 1.15 bits per heavy atom. The molecule has 2 heteroatoms. The summed E-state index contributed by atoms with van der Waals surface area (Å²) in [4.78, 5) is 2.43. The molecule has 16 rings (SSSR count). The molecule has 2 nitrogen and oxygen atoms in total. The highest BCUT2D eigenvalue weighted by Gasteiger charge is 2.28. The summed E-state index contributed by atoms with van der Waals surface area (Å²) in [6, 6.07) is 90.9. The quantitative estimate of drug-likeness (QED) is 0.160. The average Bonchev–Trinajstić information content (AvgIpc) is 3.75. The van der Waals surface area contributed by atoms with Gasteiger partial charge in [-0.2, -0.15) is 0 Å². The minimum atomic E-state index is 1.21. The predicted molar refractivity (Wildman–Crippen MR) is 318 cm³/mol. The zero-order valence-electron chi connectivity index (χ0n) is 41.0. The Kier molecular flexibility index (Phi) is 8.62. The lowest BCUT2D eigenvalue weighted by Crippen LogP contribution is -2.15. The lowest BCUT2D eigenvalue weighted by atomic mass is 9.84. The van der Waals surface area contributed by atoms with Crippen molar-refractivity contribution in [3.8, 4) is 55.6 Å². The van der Waals surface area contributed by atoms with Crippen molar-refractivity contribution >= 4 is 109 Å². The van der Waals surface area contributed by atoms with Gasteiger partial charge in [0.15, 0.2) is 0 Å². The normalized spacial score (nSPS) is 12.4. The average molecular weight is 939 g/mol. The van der Waals surface area contributed by atoms with Gasteiger partial charge in [0, 0.05) is 52.7 Å². The summed E-state index contributed by atoms with van der Waals surface area (Å²) in [5.41, 5.74) is 17.4. The number of hydrogen-bond donors (Lipinski definition) is 0. The van der Waals surface area contributed by atoms with Crippen LogP contribution >= 0.6 is 0 Å². The number of nitrogens with zero attached hydrogens (tertiary/aromatic N) is 2. The van der Waals surface area contributed by atoms with E-state index in [4.69, 9.17) is 0 Å². The van der Waals surface area contributed by atoms with Crippen LogP contribution in [0, 0.1) is 0 Å². The van der Waals surface area contributed by atoms with Crippen LogP contribution in [-0.4, -0.2) is 11.6 Å². The molecular formula is C72H46N2. The number of benzene rings is 14. The second kappa shape index (κ2) is 15.5. The molecule has 0 saturated carbocycles. The number of aromatic nitrogens is 1. The topological polar surface area (TPSA) is 8.17 Å². The van der Waals surface area contributed by atoms with Gasteiger partial charge in [0.2, 0.25) is 0 Å². The molecule has 14 aromatic carbocycles. The van der Waals surface area contributed by atoms with Gasteiger partial charge in [0.25, 0.3) is 0 Å². The monoisotopic (exact) mass is 938 g/mol. The third-order valence-electron chi connectivity index (χ3n) is 16.6. The Morgan fingerprint density at radius 1 is 0.243 bits per heavy atom. The second-order valence-corrected chi connectivity index (χ2v) is 20.4. The Balaban J connectivity index is 0.876. The standard InChI is InChI=1S/C72H46N2/c1-73-63-29-15-28-61-71-60-37-35-50(70-58-26-13-9-22-54(58)68(55-23-10-14-27-59(55)70)48-33-31-44-17-4-6-19-46(44)39-48)41-65(60)74(2)66(71)42-62(72(61)63)51-36-34-49(40-64(51)73)69-56-24-11-7-20-52(56)67(53-21-8-12-25-57(53)69)47-32-30-43-16-3-5-18-45(43)38-47/h3-42H,1-2H3.